The Labute approximate surface area is 193 Å². The van der Waals surface area contributed by atoms with Crippen molar-refractivity contribution in [2.75, 3.05) is 6.54 Å². The van der Waals surface area contributed by atoms with Gasteiger partial charge in [0.25, 0.3) is 5.91 Å². The van der Waals surface area contributed by atoms with E-state index < -0.39 is 6.17 Å². The number of aryl methyl sites for hydroxylation is 2. The maximum Gasteiger partial charge on any atom is 0.262 e. The summed E-state index contributed by atoms with van der Waals surface area (Å²) in [6, 6.07) is 10.6. The van der Waals surface area contributed by atoms with Crippen molar-refractivity contribution in [1.29, 1.82) is 0 Å². The van der Waals surface area contributed by atoms with Crippen LogP contribution in [-0.2, 0) is 16.1 Å². The van der Waals surface area contributed by atoms with E-state index in [0.717, 1.165) is 40.7 Å². The van der Waals surface area contributed by atoms with Crippen LogP contribution in [0, 0.1) is 19.7 Å². The third-order valence-corrected chi connectivity index (χ3v) is 5.42. The van der Waals surface area contributed by atoms with Gasteiger partial charge in [0.05, 0.1) is 6.42 Å². The molecule has 0 saturated carbocycles. The Balaban J connectivity index is 1.57. The normalized spacial score (nSPS) is 16.0. The second-order valence-electron chi connectivity index (χ2n) is 7.98. The van der Waals surface area contributed by atoms with Crippen molar-refractivity contribution < 1.29 is 14.0 Å². The lowest BCUT2D eigenvalue weighted by Gasteiger charge is -2.13. The molecule has 1 unspecified atom stereocenters. The molecule has 2 aromatic rings. The van der Waals surface area contributed by atoms with Crippen molar-refractivity contribution in [3.05, 3.63) is 75.6 Å². The number of unbranched alkanes of at least 4 members (excludes halogenated alkanes) is 1. The molecule has 0 aromatic heterocycles. The summed E-state index contributed by atoms with van der Waals surface area (Å²) in [5, 5.41) is 3.61. The number of carbonyl (C=O) groups excluding carboxylic acids is 1. The minimum Gasteiger partial charge on any atom is -0.390 e. The number of hydroxylamine groups is 1. The highest BCUT2D eigenvalue weighted by Gasteiger charge is 2.25. The Morgan fingerprint density at radius 1 is 1.28 bits per heavy atom. The largest absolute Gasteiger partial charge is 0.390 e. The van der Waals surface area contributed by atoms with E-state index in [9.17, 15) is 9.18 Å². The van der Waals surface area contributed by atoms with Crippen LogP contribution in [0.15, 0.2) is 47.5 Å². The third-order valence-electron chi connectivity index (χ3n) is 5.19. The van der Waals surface area contributed by atoms with Gasteiger partial charge < -0.3 is 10.2 Å². The monoisotopic (exact) mass is 457 g/mol. The summed E-state index contributed by atoms with van der Waals surface area (Å²) in [4.78, 5) is 22.2. The van der Waals surface area contributed by atoms with E-state index in [1.165, 1.54) is 12.1 Å². The lowest BCUT2D eigenvalue weighted by Crippen LogP contribution is -2.40. The van der Waals surface area contributed by atoms with Crippen LogP contribution in [0.25, 0.3) is 5.57 Å². The molecule has 0 saturated heterocycles. The molecule has 1 aliphatic heterocycles. The van der Waals surface area contributed by atoms with Crippen molar-refractivity contribution in [2.45, 2.75) is 52.6 Å². The zero-order valence-electron chi connectivity index (χ0n) is 18.7. The minimum absolute atomic E-state index is 0.270. The maximum atomic E-state index is 13.6. The van der Waals surface area contributed by atoms with Crippen LogP contribution in [0.2, 0.25) is 5.02 Å². The first-order valence-corrected chi connectivity index (χ1v) is 11.2. The number of rotatable bonds is 9. The summed E-state index contributed by atoms with van der Waals surface area (Å²) in [7, 11) is 0. The lowest BCUT2D eigenvalue weighted by molar-refractivity contribution is -0.124. The molecular weight excluding hydrogens is 429 g/mol. The van der Waals surface area contributed by atoms with Crippen LogP contribution < -0.4 is 10.8 Å². The Bertz CT molecular complexity index is 1020. The molecular formula is C25H29ClFN3O2. The molecule has 2 N–H and O–H groups in total. The number of nitrogens with one attached hydrogen (secondary N) is 2. The first-order valence-electron chi connectivity index (χ1n) is 10.8. The van der Waals surface area contributed by atoms with Gasteiger partial charge >= 0.3 is 0 Å². The van der Waals surface area contributed by atoms with Crippen LogP contribution in [0.1, 0.15) is 48.4 Å². The summed E-state index contributed by atoms with van der Waals surface area (Å²) in [6.45, 7) is 6.48. The van der Waals surface area contributed by atoms with Crippen LogP contribution in [0.3, 0.4) is 0 Å². The summed E-state index contributed by atoms with van der Waals surface area (Å²) in [5.41, 5.74) is 7.61. The summed E-state index contributed by atoms with van der Waals surface area (Å²) in [6.07, 6.45) is 4.38. The second-order valence-corrected chi connectivity index (χ2v) is 8.41. The molecule has 0 fully saturated rings. The number of halogens is 2. The number of nitrogens with zero attached hydrogens (tertiary/aromatic N) is 1. The number of hydrogen-bond acceptors (Lipinski definition) is 4. The van der Waals surface area contributed by atoms with Crippen molar-refractivity contribution >= 4 is 29.0 Å². The fourth-order valence-electron chi connectivity index (χ4n) is 3.63. The van der Waals surface area contributed by atoms with E-state index in [-0.39, 0.29) is 11.7 Å². The van der Waals surface area contributed by atoms with Crippen LogP contribution in [-0.4, -0.2) is 24.5 Å². The van der Waals surface area contributed by atoms with Gasteiger partial charge in [-0.2, -0.15) is 0 Å². The molecule has 1 amide bonds. The Morgan fingerprint density at radius 2 is 2.09 bits per heavy atom. The fraction of sp³-hybridized carbons (Fsp3) is 0.360. The molecule has 170 valence electrons. The van der Waals surface area contributed by atoms with E-state index in [1.807, 2.05) is 31.2 Å². The molecule has 1 atom stereocenters. The number of carbonyl (C=O) groups is 1. The topological polar surface area (TPSA) is 62.7 Å². The highest BCUT2D eigenvalue weighted by atomic mass is 35.5. The number of amides is 1. The standard InChI is InChI=1S/C25H29ClFN3O2/c1-4-5-6-19(22-15-20(26)8-7-17(22)3)9-10-28-25(31)24-29-23(32-30-24)14-18-11-16(2)12-21(27)13-18/h6-8,11-13,15,24,30H,4-5,9-10,14H2,1-3H3,(H,28,31)/b19-6-. The maximum absolute atomic E-state index is 13.6. The molecule has 7 heteroatoms. The molecule has 1 aliphatic rings. The average molecular weight is 458 g/mol. The minimum atomic E-state index is -0.823. The van der Waals surface area contributed by atoms with Crippen LogP contribution in [0.5, 0.6) is 0 Å². The molecule has 3 rings (SSSR count). The number of allylic oxidation sites excluding steroid dienone is 1. The van der Waals surface area contributed by atoms with Gasteiger partial charge in [0.15, 0.2) is 0 Å². The van der Waals surface area contributed by atoms with Crippen LogP contribution in [0.4, 0.5) is 4.39 Å². The van der Waals surface area contributed by atoms with Crippen molar-refractivity contribution in [1.82, 2.24) is 10.8 Å². The zero-order valence-corrected chi connectivity index (χ0v) is 19.4. The first kappa shape index (κ1) is 24.0. The summed E-state index contributed by atoms with van der Waals surface area (Å²) < 4.78 is 13.6. The summed E-state index contributed by atoms with van der Waals surface area (Å²) >= 11 is 6.20. The van der Waals surface area contributed by atoms with Gasteiger partial charge in [0, 0.05) is 11.6 Å². The Morgan fingerprint density at radius 3 is 2.84 bits per heavy atom. The van der Waals surface area contributed by atoms with Gasteiger partial charge in [0.1, 0.15) is 5.82 Å². The smallest absolute Gasteiger partial charge is 0.262 e. The van der Waals surface area contributed by atoms with Gasteiger partial charge in [-0.3, -0.25) is 4.79 Å². The van der Waals surface area contributed by atoms with Crippen molar-refractivity contribution in [2.24, 2.45) is 4.99 Å². The van der Waals surface area contributed by atoms with E-state index in [0.29, 0.717) is 30.3 Å². The lowest BCUT2D eigenvalue weighted by atomic mass is 9.96. The SMILES string of the molecule is CCC/C=C(/CCNC(=O)C1N=C(Cc2cc(C)cc(F)c2)ON1)c1cc(Cl)ccc1C. The van der Waals surface area contributed by atoms with Crippen molar-refractivity contribution in [3.63, 3.8) is 0 Å². The number of aliphatic imine (C=N–C) groups is 1. The molecule has 0 aliphatic carbocycles. The molecule has 0 bridgehead atoms. The number of benzene rings is 2. The van der Waals surface area contributed by atoms with Crippen LogP contribution >= 0.6 is 11.6 Å². The van der Waals surface area contributed by atoms with Gasteiger partial charge in [-0.15, -0.1) is 5.48 Å². The van der Waals surface area contributed by atoms with Gasteiger partial charge in [-0.1, -0.05) is 43.2 Å². The molecule has 32 heavy (non-hydrogen) atoms. The molecule has 0 spiro atoms. The predicted molar refractivity (Wildman–Crippen MR) is 127 cm³/mol. The first-order chi connectivity index (χ1) is 15.4. The second kappa shape index (κ2) is 11.2. The summed E-state index contributed by atoms with van der Waals surface area (Å²) in [5.74, 6) is -0.218. The molecule has 5 nitrogen and oxygen atoms in total. The average Bonchev–Trinajstić information content (AvgIpc) is 3.20. The van der Waals surface area contributed by atoms with Gasteiger partial charge in [-0.25, -0.2) is 9.38 Å². The third kappa shape index (κ3) is 6.65. The molecule has 2 aromatic carbocycles. The Kier molecular flexibility index (Phi) is 8.42. The quantitative estimate of drug-likeness (QED) is 0.538. The highest BCUT2D eigenvalue weighted by Crippen LogP contribution is 2.26. The molecule has 0 radical (unpaired) electrons. The number of hydrogen-bond donors (Lipinski definition) is 2. The highest BCUT2D eigenvalue weighted by molar-refractivity contribution is 6.30. The van der Waals surface area contributed by atoms with E-state index in [4.69, 9.17) is 16.4 Å². The fourth-order valence-corrected chi connectivity index (χ4v) is 3.80. The van der Waals surface area contributed by atoms with Gasteiger partial charge in [-0.05, 0) is 78.8 Å². The van der Waals surface area contributed by atoms with E-state index in [2.05, 4.69) is 35.7 Å². The predicted octanol–water partition coefficient (Wildman–Crippen LogP) is 5.29. The zero-order chi connectivity index (χ0) is 23.1. The Hall–Kier alpha value is -2.70. The van der Waals surface area contributed by atoms with E-state index >= 15 is 0 Å². The molecule has 1 heterocycles. The van der Waals surface area contributed by atoms with Gasteiger partial charge in [0.2, 0.25) is 12.1 Å². The van der Waals surface area contributed by atoms with Crippen molar-refractivity contribution in [3.8, 4) is 0 Å². The van der Waals surface area contributed by atoms with E-state index in [1.54, 1.807) is 0 Å².